The van der Waals surface area contributed by atoms with Crippen molar-refractivity contribution in [3.63, 3.8) is 0 Å². The number of likely N-dealkylation sites (tertiary alicyclic amines) is 1. The number of hydrogen-bond acceptors (Lipinski definition) is 5. The second kappa shape index (κ2) is 6.59. The summed E-state index contributed by atoms with van der Waals surface area (Å²) in [5.74, 6) is 1.50. The first kappa shape index (κ1) is 16.4. The maximum atomic E-state index is 11.8. The minimum atomic E-state index is -0.415. The third-order valence-corrected chi connectivity index (χ3v) is 5.59. The summed E-state index contributed by atoms with van der Waals surface area (Å²) in [6, 6.07) is 0.0967. The Morgan fingerprint density at radius 2 is 2.00 bits per heavy atom. The number of carbonyl (C=O) groups is 1. The van der Waals surface area contributed by atoms with Gasteiger partial charge in [0.1, 0.15) is 5.60 Å². The molecule has 0 bridgehead atoms. The molecule has 2 fully saturated rings. The van der Waals surface area contributed by atoms with Crippen molar-refractivity contribution >= 4 is 5.91 Å². The maximum Gasteiger partial charge on any atom is 0.248 e. The van der Waals surface area contributed by atoms with Gasteiger partial charge >= 0.3 is 0 Å². The van der Waals surface area contributed by atoms with Crippen molar-refractivity contribution in [1.82, 2.24) is 15.1 Å². The number of carbonyl (C=O) groups excluding carboxylic acids is 1. The van der Waals surface area contributed by atoms with E-state index in [1.807, 2.05) is 4.90 Å². The third-order valence-electron chi connectivity index (χ3n) is 5.59. The van der Waals surface area contributed by atoms with Gasteiger partial charge in [0.05, 0.1) is 5.92 Å². The number of hydrogen-bond donors (Lipinski definition) is 0. The van der Waals surface area contributed by atoms with Gasteiger partial charge < -0.3 is 14.1 Å². The summed E-state index contributed by atoms with van der Waals surface area (Å²) in [6.07, 6.45) is 7.32. The minimum Gasteiger partial charge on any atom is -0.422 e. The van der Waals surface area contributed by atoms with Crippen molar-refractivity contribution in [2.75, 3.05) is 13.7 Å². The van der Waals surface area contributed by atoms with Crippen LogP contribution in [0, 0.1) is 0 Å². The predicted molar refractivity (Wildman–Crippen MR) is 84.9 cm³/mol. The Kier molecular flexibility index (Phi) is 4.71. The van der Waals surface area contributed by atoms with Crippen molar-refractivity contribution < 1.29 is 13.9 Å². The van der Waals surface area contributed by atoms with Crippen LogP contribution in [0.3, 0.4) is 0 Å². The SMILES string of the molecule is COC1(c2nnc([C@H]3CCCN(C(C)=O)[C@H]3C)o2)CCCCC1. The zero-order valence-corrected chi connectivity index (χ0v) is 14.4. The first-order valence-corrected chi connectivity index (χ1v) is 8.73. The summed E-state index contributed by atoms with van der Waals surface area (Å²) in [4.78, 5) is 13.7. The molecule has 23 heavy (non-hydrogen) atoms. The van der Waals surface area contributed by atoms with E-state index in [0.29, 0.717) is 11.8 Å². The fraction of sp³-hybridized carbons (Fsp3) is 0.824. The zero-order chi connectivity index (χ0) is 16.4. The van der Waals surface area contributed by atoms with Gasteiger partial charge in [0.15, 0.2) is 0 Å². The van der Waals surface area contributed by atoms with Crippen molar-refractivity contribution in [3.05, 3.63) is 11.8 Å². The van der Waals surface area contributed by atoms with E-state index >= 15 is 0 Å². The fourth-order valence-corrected chi connectivity index (χ4v) is 4.11. The van der Waals surface area contributed by atoms with Gasteiger partial charge in [-0.1, -0.05) is 19.3 Å². The molecule has 1 saturated carbocycles. The third kappa shape index (κ3) is 3.01. The Morgan fingerprint density at radius 1 is 1.26 bits per heavy atom. The molecule has 0 aromatic carbocycles. The van der Waals surface area contributed by atoms with Crippen LogP contribution in [-0.2, 0) is 15.1 Å². The molecular weight excluding hydrogens is 294 g/mol. The molecule has 1 amide bonds. The molecule has 0 spiro atoms. The average Bonchev–Trinajstić information content (AvgIpc) is 3.05. The van der Waals surface area contributed by atoms with Gasteiger partial charge in [0.25, 0.3) is 0 Å². The van der Waals surface area contributed by atoms with Crippen molar-refractivity contribution in [3.8, 4) is 0 Å². The lowest BCUT2D eigenvalue weighted by Gasteiger charge is -2.37. The van der Waals surface area contributed by atoms with Crippen LogP contribution in [-0.4, -0.2) is 40.7 Å². The van der Waals surface area contributed by atoms with E-state index in [4.69, 9.17) is 9.15 Å². The van der Waals surface area contributed by atoms with Gasteiger partial charge in [-0.25, -0.2) is 0 Å². The lowest BCUT2D eigenvalue weighted by atomic mass is 9.84. The largest absolute Gasteiger partial charge is 0.422 e. The molecule has 0 radical (unpaired) electrons. The summed E-state index contributed by atoms with van der Waals surface area (Å²) >= 11 is 0. The highest BCUT2D eigenvalue weighted by Gasteiger charge is 2.41. The first-order valence-electron chi connectivity index (χ1n) is 8.73. The summed E-state index contributed by atoms with van der Waals surface area (Å²) in [7, 11) is 1.73. The van der Waals surface area contributed by atoms with Crippen LogP contribution in [0.15, 0.2) is 4.42 Å². The minimum absolute atomic E-state index is 0.0967. The van der Waals surface area contributed by atoms with E-state index in [1.165, 1.54) is 6.42 Å². The molecule has 1 saturated heterocycles. The summed E-state index contributed by atoms with van der Waals surface area (Å²) in [5, 5.41) is 8.63. The van der Waals surface area contributed by atoms with Crippen LogP contribution in [0.2, 0.25) is 0 Å². The molecule has 1 aliphatic heterocycles. The molecule has 0 unspecified atom stereocenters. The molecule has 3 rings (SSSR count). The Morgan fingerprint density at radius 3 is 2.65 bits per heavy atom. The smallest absolute Gasteiger partial charge is 0.248 e. The fourth-order valence-electron chi connectivity index (χ4n) is 4.11. The number of rotatable bonds is 3. The van der Waals surface area contributed by atoms with E-state index in [1.54, 1.807) is 14.0 Å². The Hall–Kier alpha value is -1.43. The molecular formula is C17H27N3O3. The van der Waals surface area contributed by atoms with Gasteiger partial charge in [0.2, 0.25) is 17.7 Å². The monoisotopic (exact) mass is 321 g/mol. The summed E-state index contributed by atoms with van der Waals surface area (Å²) in [6.45, 7) is 4.51. The predicted octanol–water partition coefficient (Wildman–Crippen LogP) is 2.99. The lowest BCUT2D eigenvalue weighted by Crippen LogP contribution is -2.44. The number of amides is 1. The van der Waals surface area contributed by atoms with Crippen LogP contribution in [0.4, 0.5) is 0 Å². The number of aromatic nitrogens is 2. The number of ether oxygens (including phenoxy) is 1. The van der Waals surface area contributed by atoms with E-state index in [-0.39, 0.29) is 17.9 Å². The van der Waals surface area contributed by atoms with Crippen LogP contribution in [0.1, 0.15) is 76.5 Å². The van der Waals surface area contributed by atoms with Crippen LogP contribution in [0.25, 0.3) is 0 Å². The number of piperidine rings is 1. The second-order valence-corrected chi connectivity index (χ2v) is 6.91. The van der Waals surface area contributed by atoms with Gasteiger partial charge in [-0.3, -0.25) is 4.79 Å². The van der Waals surface area contributed by atoms with E-state index in [2.05, 4.69) is 17.1 Å². The average molecular weight is 321 g/mol. The second-order valence-electron chi connectivity index (χ2n) is 6.91. The highest BCUT2D eigenvalue weighted by molar-refractivity contribution is 5.73. The van der Waals surface area contributed by atoms with E-state index < -0.39 is 5.60 Å². The molecule has 1 aromatic rings. The van der Waals surface area contributed by atoms with Gasteiger partial charge in [-0.2, -0.15) is 0 Å². The van der Waals surface area contributed by atoms with Gasteiger partial charge in [0, 0.05) is 26.6 Å². The van der Waals surface area contributed by atoms with Crippen LogP contribution in [0.5, 0.6) is 0 Å². The van der Waals surface area contributed by atoms with Gasteiger partial charge in [-0.15, -0.1) is 10.2 Å². The quantitative estimate of drug-likeness (QED) is 0.856. The van der Waals surface area contributed by atoms with E-state index in [0.717, 1.165) is 45.1 Å². The first-order chi connectivity index (χ1) is 11.1. The topological polar surface area (TPSA) is 68.5 Å². The molecule has 0 N–H and O–H groups in total. The molecule has 1 aliphatic carbocycles. The summed E-state index contributed by atoms with van der Waals surface area (Å²) in [5.41, 5.74) is -0.415. The van der Waals surface area contributed by atoms with Gasteiger partial charge in [-0.05, 0) is 32.6 Å². The number of nitrogens with zero attached hydrogens (tertiary/aromatic N) is 3. The Balaban J connectivity index is 1.82. The molecule has 128 valence electrons. The molecule has 6 nitrogen and oxygen atoms in total. The van der Waals surface area contributed by atoms with Crippen LogP contribution >= 0.6 is 0 Å². The molecule has 1 aromatic heterocycles. The number of methoxy groups -OCH3 is 1. The molecule has 2 atom stereocenters. The van der Waals surface area contributed by atoms with Crippen molar-refractivity contribution in [2.45, 2.75) is 76.4 Å². The highest BCUT2D eigenvalue weighted by Crippen LogP contribution is 2.40. The Labute approximate surface area is 137 Å². The normalized spacial score (nSPS) is 27.9. The van der Waals surface area contributed by atoms with Crippen molar-refractivity contribution in [1.29, 1.82) is 0 Å². The lowest BCUT2D eigenvalue weighted by molar-refractivity contribution is -0.132. The molecule has 6 heteroatoms. The van der Waals surface area contributed by atoms with E-state index in [9.17, 15) is 4.79 Å². The molecule has 2 aliphatic rings. The molecule has 2 heterocycles. The standard InChI is InChI=1S/C17H27N3O3/c1-12-14(8-7-11-20(12)13(2)21)15-18-19-16(23-15)17(22-3)9-5-4-6-10-17/h12,14H,4-11H2,1-3H3/t12-,14-/m0/s1. The van der Waals surface area contributed by atoms with Crippen LogP contribution < -0.4 is 0 Å². The summed E-state index contributed by atoms with van der Waals surface area (Å²) < 4.78 is 11.9. The highest BCUT2D eigenvalue weighted by atomic mass is 16.5. The van der Waals surface area contributed by atoms with Crippen molar-refractivity contribution in [2.24, 2.45) is 0 Å². The zero-order valence-electron chi connectivity index (χ0n) is 14.4. The maximum absolute atomic E-state index is 11.8. The Bertz CT molecular complexity index is 551.